The van der Waals surface area contributed by atoms with Gasteiger partial charge in [0.25, 0.3) is 0 Å². The first kappa shape index (κ1) is 5.33. The summed E-state index contributed by atoms with van der Waals surface area (Å²) in [5, 5.41) is 10.3. The van der Waals surface area contributed by atoms with Gasteiger partial charge in [-0.15, -0.1) is 4.41 Å². The minimum atomic E-state index is 0.0509. The monoisotopic (exact) mass is 121 g/mol. The third-order valence-electron chi connectivity index (χ3n) is 0.804. The Hall–Kier alpha value is 0.190. The van der Waals surface area contributed by atoms with Crippen molar-refractivity contribution in [1.29, 1.82) is 0 Å². The summed E-state index contributed by atoms with van der Waals surface area (Å²) < 4.78 is 1.47. The summed E-state index contributed by atoms with van der Waals surface area (Å²) in [5.74, 6) is 0. The number of hydrogen-bond donors (Lipinski definition) is 3. The molecule has 1 heterocycles. The lowest BCUT2D eigenvalue weighted by Gasteiger charge is -2.12. The number of rotatable bonds is 0. The number of hydrazine groups is 1. The van der Waals surface area contributed by atoms with Crippen LogP contribution in [0.4, 0.5) is 0 Å². The van der Waals surface area contributed by atoms with E-state index in [2.05, 4.69) is 18.3 Å². The number of thiol groups is 1. The van der Waals surface area contributed by atoms with Crippen molar-refractivity contribution < 1.29 is 5.17 Å². The molecule has 0 aromatic carbocycles. The van der Waals surface area contributed by atoms with Gasteiger partial charge >= 0.3 is 0 Å². The van der Waals surface area contributed by atoms with Gasteiger partial charge in [0.15, 0.2) is 0 Å². The summed E-state index contributed by atoms with van der Waals surface area (Å²) >= 11 is 3.85. The summed E-state index contributed by atoms with van der Waals surface area (Å²) in [6, 6.07) is 0. The molecule has 2 N–H and O–H groups in total. The third-order valence-corrected chi connectivity index (χ3v) is 1.10. The zero-order chi connectivity index (χ0) is 5.28. The summed E-state index contributed by atoms with van der Waals surface area (Å²) in [5.41, 5.74) is 2.48. The highest BCUT2D eigenvalue weighted by Crippen LogP contribution is 1.82. The van der Waals surface area contributed by atoms with Crippen LogP contribution in [0.25, 0.3) is 0 Å². The second-order valence-electron chi connectivity index (χ2n) is 1.41. The lowest BCUT2D eigenvalue weighted by Crippen LogP contribution is -3.12. The molecule has 4 nitrogen and oxygen atoms in total. The quantitative estimate of drug-likeness (QED) is 0.255. The molecule has 0 aliphatic carbocycles. The Morgan fingerprint density at radius 2 is 2.57 bits per heavy atom. The second kappa shape index (κ2) is 1.97. The third kappa shape index (κ3) is 1.29. The molecule has 1 saturated heterocycles. The van der Waals surface area contributed by atoms with E-state index in [1.165, 1.54) is 4.41 Å². The highest BCUT2D eigenvalue weighted by atomic mass is 32.1. The first-order valence-corrected chi connectivity index (χ1v) is 2.45. The van der Waals surface area contributed by atoms with Crippen molar-refractivity contribution in [2.24, 2.45) is 0 Å². The van der Waals surface area contributed by atoms with E-state index in [4.69, 9.17) is 0 Å². The van der Waals surface area contributed by atoms with E-state index in [1.807, 2.05) is 0 Å². The lowest BCUT2D eigenvalue weighted by atomic mass is 10.7. The summed E-state index contributed by atoms with van der Waals surface area (Å²) in [6.07, 6.45) is 0. The molecule has 1 rings (SSSR count). The number of hydrogen-bond acceptors (Lipinski definition) is 4. The second-order valence-corrected chi connectivity index (χ2v) is 1.89. The van der Waals surface area contributed by atoms with Crippen LogP contribution in [-0.4, -0.2) is 17.5 Å². The van der Waals surface area contributed by atoms with Crippen molar-refractivity contribution in [1.82, 2.24) is 9.95 Å². The van der Waals surface area contributed by atoms with Crippen LogP contribution >= 0.6 is 12.8 Å². The Bertz CT molecular complexity index is 62.0. The number of hydroxylamine groups is 1. The highest BCUT2D eigenvalue weighted by Gasteiger charge is 2.11. The SMILES string of the molecule is [O-][NH+]1CCN(S)N1. The first-order valence-electron chi connectivity index (χ1n) is 2.05. The molecule has 5 heteroatoms. The van der Waals surface area contributed by atoms with E-state index in [0.717, 1.165) is 0 Å². The average molecular weight is 121 g/mol. The number of nitrogens with zero attached hydrogens (tertiary/aromatic N) is 1. The molecular weight excluding hydrogens is 114 g/mol. The van der Waals surface area contributed by atoms with Crippen molar-refractivity contribution in [3.63, 3.8) is 0 Å². The molecule has 1 aliphatic heterocycles. The lowest BCUT2D eigenvalue weighted by molar-refractivity contribution is -0.888. The predicted molar refractivity (Wildman–Crippen MR) is 28.0 cm³/mol. The van der Waals surface area contributed by atoms with Gasteiger partial charge < -0.3 is 5.21 Å². The normalized spacial score (nSPS) is 34.3. The molecule has 0 spiro atoms. The molecule has 0 aromatic rings. The van der Waals surface area contributed by atoms with Crippen molar-refractivity contribution in [3.8, 4) is 0 Å². The Morgan fingerprint density at radius 3 is 2.71 bits per heavy atom. The Kier molecular flexibility index (Phi) is 1.50. The van der Waals surface area contributed by atoms with E-state index in [1.54, 1.807) is 0 Å². The Labute approximate surface area is 47.1 Å². The van der Waals surface area contributed by atoms with Crippen LogP contribution < -0.4 is 10.7 Å². The van der Waals surface area contributed by atoms with E-state index in [0.29, 0.717) is 13.1 Å². The van der Waals surface area contributed by atoms with Gasteiger partial charge in [0.2, 0.25) is 0 Å². The van der Waals surface area contributed by atoms with Gasteiger partial charge in [0.1, 0.15) is 6.54 Å². The largest absolute Gasteiger partial charge is 0.612 e. The van der Waals surface area contributed by atoms with E-state index in [-0.39, 0.29) is 5.17 Å². The van der Waals surface area contributed by atoms with Crippen LogP contribution in [0.15, 0.2) is 0 Å². The van der Waals surface area contributed by atoms with Gasteiger partial charge in [-0.25, -0.2) is 0 Å². The minimum Gasteiger partial charge on any atom is -0.612 e. The van der Waals surface area contributed by atoms with Crippen molar-refractivity contribution in [2.75, 3.05) is 13.1 Å². The smallest absolute Gasteiger partial charge is 0.111 e. The van der Waals surface area contributed by atoms with Crippen molar-refractivity contribution in [3.05, 3.63) is 5.21 Å². The maximum Gasteiger partial charge on any atom is 0.111 e. The molecule has 0 bridgehead atoms. The maximum atomic E-state index is 10.3. The molecule has 0 amide bonds. The van der Waals surface area contributed by atoms with Crippen LogP contribution in [0.1, 0.15) is 0 Å². The topological polar surface area (TPSA) is 42.8 Å². The molecule has 1 fully saturated rings. The summed E-state index contributed by atoms with van der Waals surface area (Å²) in [4.78, 5) is 0. The van der Waals surface area contributed by atoms with Gasteiger partial charge in [-0.2, -0.15) is 0 Å². The van der Waals surface area contributed by atoms with Crippen LogP contribution in [0, 0.1) is 5.21 Å². The fraction of sp³-hybridized carbons (Fsp3) is 1.00. The van der Waals surface area contributed by atoms with E-state index < -0.39 is 0 Å². The van der Waals surface area contributed by atoms with Gasteiger partial charge in [-0.1, -0.05) is 18.3 Å². The number of quaternary nitrogens is 1. The fourth-order valence-electron chi connectivity index (χ4n) is 0.463. The van der Waals surface area contributed by atoms with Crippen LogP contribution in [-0.2, 0) is 0 Å². The van der Waals surface area contributed by atoms with E-state index in [9.17, 15) is 5.21 Å². The summed E-state index contributed by atoms with van der Waals surface area (Å²) in [7, 11) is 0. The molecule has 0 saturated carbocycles. The molecule has 1 unspecified atom stereocenters. The molecule has 7 heavy (non-hydrogen) atoms. The van der Waals surface area contributed by atoms with Gasteiger partial charge in [-0.3, -0.25) is 5.17 Å². The summed E-state index contributed by atoms with van der Waals surface area (Å²) in [6.45, 7) is 1.28. The predicted octanol–water partition coefficient (Wildman–Crippen LogP) is -2.05. The van der Waals surface area contributed by atoms with E-state index >= 15 is 0 Å². The van der Waals surface area contributed by atoms with Crippen molar-refractivity contribution in [2.45, 2.75) is 0 Å². The van der Waals surface area contributed by atoms with Gasteiger partial charge in [0.05, 0.1) is 6.54 Å². The molecule has 0 aromatic heterocycles. The van der Waals surface area contributed by atoms with Crippen LogP contribution in [0.2, 0.25) is 0 Å². The number of nitrogens with one attached hydrogen (secondary N) is 2. The zero-order valence-corrected chi connectivity index (χ0v) is 4.61. The van der Waals surface area contributed by atoms with Gasteiger partial charge in [0, 0.05) is 0 Å². The van der Waals surface area contributed by atoms with Gasteiger partial charge in [-0.05, 0) is 0 Å². The molecule has 1 aliphatic rings. The van der Waals surface area contributed by atoms with Crippen LogP contribution in [0.3, 0.4) is 0 Å². The first-order chi connectivity index (χ1) is 3.29. The molecule has 42 valence electrons. The van der Waals surface area contributed by atoms with Crippen molar-refractivity contribution >= 4 is 12.8 Å². The fourth-order valence-corrected chi connectivity index (χ4v) is 0.675. The highest BCUT2D eigenvalue weighted by molar-refractivity contribution is 7.77. The molecular formula is C2H7N3OS. The molecule has 1 atom stereocenters. The Balaban J connectivity index is 2.26. The average Bonchev–Trinajstić information content (AvgIpc) is 1.87. The van der Waals surface area contributed by atoms with Crippen LogP contribution in [0.5, 0.6) is 0 Å². The standard InChI is InChI=1S/C2H7N3OS/c6-4-1-2-5(7)3-4/h3-4,7H,1-2H2. The Morgan fingerprint density at radius 1 is 1.86 bits per heavy atom. The minimum absolute atomic E-state index is 0.0509. The zero-order valence-electron chi connectivity index (χ0n) is 3.72. The molecule has 0 radical (unpaired) electrons. The maximum absolute atomic E-state index is 10.3.